The lowest BCUT2D eigenvalue weighted by Crippen LogP contribution is -2.47. The van der Waals surface area contributed by atoms with Crippen LogP contribution in [0.3, 0.4) is 0 Å². The van der Waals surface area contributed by atoms with E-state index in [0.29, 0.717) is 30.6 Å². The number of hydrogen-bond donors (Lipinski definition) is 0. The summed E-state index contributed by atoms with van der Waals surface area (Å²) in [5.41, 5.74) is 0. The molecule has 110 valence electrons. The Kier molecular flexibility index (Phi) is 4.88. The monoisotopic (exact) mass is 266 g/mol. The molecule has 0 heterocycles. The van der Waals surface area contributed by atoms with Crippen LogP contribution < -0.4 is 0 Å². The summed E-state index contributed by atoms with van der Waals surface area (Å²) in [6.07, 6.45) is 7.84. The van der Waals surface area contributed by atoms with Gasteiger partial charge in [0.15, 0.2) is 0 Å². The number of likely N-dealkylation sites (N-methyl/N-ethyl adjacent to an activating group) is 1. The quantitative estimate of drug-likeness (QED) is 0.764. The van der Waals surface area contributed by atoms with Gasteiger partial charge in [-0.05, 0) is 58.3 Å². The molecule has 0 atom stereocenters. The van der Waals surface area contributed by atoms with Gasteiger partial charge in [-0.1, -0.05) is 6.92 Å². The number of nitrogens with zero attached hydrogens (tertiary/aromatic N) is 2. The molecule has 0 N–H and O–H groups in total. The Morgan fingerprint density at radius 2 is 1.53 bits per heavy atom. The van der Waals surface area contributed by atoms with E-state index in [1.165, 1.54) is 38.5 Å². The van der Waals surface area contributed by atoms with Crippen molar-refractivity contribution >= 4 is 5.91 Å². The lowest BCUT2D eigenvalue weighted by molar-refractivity contribution is -0.133. The number of carbonyl (C=O) groups excluding carboxylic acids is 1. The second kappa shape index (κ2) is 6.25. The molecule has 0 unspecified atom stereocenters. The maximum Gasteiger partial charge on any atom is 0.236 e. The average Bonchev–Trinajstić information content (AvgIpc) is 3.20. The highest BCUT2D eigenvalue weighted by Gasteiger charge is 2.36. The van der Waals surface area contributed by atoms with E-state index in [1.54, 1.807) is 0 Å². The van der Waals surface area contributed by atoms with Crippen LogP contribution in [0, 0.1) is 5.92 Å². The third kappa shape index (κ3) is 3.95. The van der Waals surface area contributed by atoms with Gasteiger partial charge in [-0.15, -0.1) is 0 Å². The zero-order valence-corrected chi connectivity index (χ0v) is 13.1. The lowest BCUT2D eigenvalue weighted by Gasteiger charge is -2.37. The molecule has 0 aromatic heterocycles. The zero-order valence-electron chi connectivity index (χ0n) is 13.1. The fourth-order valence-electron chi connectivity index (χ4n) is 3.09. The van der Waals surface area contributed by atoms with Crippen molar-refractivity contribution in [1.29, 1.82) is 0 Å². The molecule has 2 aliphatic rings. The predicted molar refractivity (Wildman–Crippen MR) is 79.1 cm³/mol. The van der Waals surface area contributed by atoms with Crippen LogP contribution in [0.1, 0.15) is 59.3 Å². The molecule has 1 amide bonds. The first kappa shape index (κ1) is 14.8. The minimum atomic E-state index is 0.292. The molecule has 0 aliphatic heterocycles. The molecule has 0 saturated heterocycles. The molecule has 0 bridgehead atoms. The second-order valence-corrected chi connectivity index (χ2v) is 6.92. The van der Waals surface area contributed by atoms with Gasteiger partial charge < -0.3 is 4.90 Å². The Hall–Kier alpha value is -0.570. The summed E-state index contributed by atoms with van der Waals surface area (Å²) in [4.78, 5) is 16.7. The van der Waals surface area contributed by atoms with E-state index < -0.39 is 0 Å². The van der Waals surface area contributed by atoms with Gasteiger partial charge in [-0.2, -0.15) is 0 Å². The second-order valence-electron chi connectivity index (χ2n) is 6.92. The Morgan fingerprint density at radius 3 is 1.95 bits per heavy atom. The van der Waals surface area contributed by atoms with Gasteiger partial charge in [0.25, 0.3) is 0 Å². The molecule has 0 aromatic rings. The molecular weight excluding hydrogens is 236 g/mol. The SMILES string of the molecule is CC1CCC(N(CC(=O)N(C)C(C)C)C2CC2)CC1. The molecule has 19 heavy (non-hydrogen) atoms. The molecular formula is C16H30N2O. The van der Waals surface area contributed by atoms with Crippen molar-refractivity contribution in [2.24, 2.45) is 5.92 Å². The lowest BCUT2D eigenvalue weighted by atomic mass is 9.86. The van der Waals surface area contributed by atoms with Gasteiger partial charge in [-0.3, -0.25) is 9.69 Å². The van der Waals surface area contributed by atoms with Crippen molar-refractivity contribution in [3.63, 3.8) is 0 Å². The third-order valence-corrected chi connectivity index (χ3v) is 4.96. The van der Waals surface area contributed by atoms with Crippen LogP contribution in [0.15, 0.2) is 0 Å². The summed E-state index contributed by atoms with van der Waals surface area (Å²) in [7, 11) is 1.93. The Bertz CT molecular complexity index is 304. The first-order chi connectivity index (χ1) is 8.99. The summed E-state index contributed by atoms with van der Waals surface area (Å²) >= 11 is 0. The molecule has 2 rings (SSSR count). The maximum atomic E-state index is 12.3. The van der Waals surface area contributed by atoms with Crippen LogP contribution in [0.25, 0.3) is 0 Å². The largest absolute Gasteiger partial charge is 0.342 e. The van der Waals surface area contributed by atoms with Crippen molar-refractivity contribution in [2.45, 2.75) is 77.4 Å². The fraction of sp³-hybridized carbons (Fsp3) is 0.938. The predicted octanol–water partition coefficient (Wildman–Crippen LogP) is 2.90. The first-order valence-electron chi connectivity index (χ1n) is 8.00. The molecule has 2 saturated carbocycles. The van der Waals surface area contributed by atoms with Crippen molar-refractivity contribution in [3.8, 4) is 0 Å². The van der Waals surface area contributed by atoms with Crippen LogP contribution in [-0.4, -0.2) is 47.4 Å². The van der Waals surface area contributed by atoms with Gasteiger partial charge >= 0.3 is 0 Å². The minimum absolute atomic E-state index is 0.292. The van der Waals surface area contributed by atoms with E-state index in [2.05, 4.69) is 25.7 Å². The highest BCUT2D eigenvalue weighted by atomic mass is 16.2. The number of carbonyl (C=O) groups is 1. The third-order valence-electron chi connectivity index (χ3n) is 4.96. The molecule has 0 aromatic carbocycles. The van der Waals surface area contributed by atoms with Crippen LogP contribution in [0.5, 0.6) is 0 Å². The van der Waals surface area contributed by atoms with E-state index in [-0.39, 0.29) is 0 Å². The molecule has 0 spiro atoms. The number of hydrogen-bond acceptors (Lipinski definition) is 2. The standard InChI is InChI=1S/C16H30N2O/c1-12(2)17(4)16(19)11-18(15-9-10-15)14-7-5-13(3)6-8-14/h12-15H,5-11H2,1-4H3. The zero-order chi connectivity index (χ0) is 14.0. The first-order valence-corrected chi connectivity index (χ1v) is 8.00. The Balaban J connectivity index is 1.91. The topological polar surface area (TPSA) is 23.6 Å². The normalized spacial score (nSPS) is 27.9. The van der Waals surface area contributed by atoms with Crippen LogP contribution in [0.4, 0.5) is 0 Å². The van der Waals surface area contributed by atoms with Crippen molar-refractivity contribution in [3.05, 3.63) is 0 Å². The molecule has 2 aliphatic carbocycles. The fourth-order valence-corrected chi connectivity index (χ4v) is 3.09. The summed E-state index contributed by atoms with van der Waals surface area (Å²) in [6, 6.07) is 1.66. The summed E-state index contributed by atoms with van der Waals surface area (Å²) in [6.45, 7) is 7.16. The van der Waals surface area contributed by atoms with Gasteiger partial charge in [0.1, 0.15) is 0 Å². The molecule has 3 heteroatoms. The van der Waals surface area contributed by atoms with Gasteiger partial charge in [0.05, 0.1) is 6.54 Å². The van der Waals surface area contributed by atoms with E-state index in [1.807, 2.05) is 11.9 Å². The van der Waals surface area contributed by atoms with Crippen LogP contribution in [0.2, 0.25) is 0 Å². The number of rotatable bonds is 5. The van der Waals surface area contributed by atoms with E-state index in [9.17, 15) is 4.79 Å². The van der Waals surface area contributed by atoms with Gasteiger partial charge in [-0.25, -0.2) is 0 Å². The van der Waals surface area contributed by atoms with E-state index in [0.717, 1.165) is 5.92 Å². The minimum Gasteiger partial charge on any atom is -0.342 e. The maximum absolute atomic E-state index is 12.3. The van der Waals surface area contributed by atoms with E-state index in [4.69, 9.17) is 0 Å². The molecule has 3 nitrogen and oxygen atoms in total. The van der Waals surface area contributed by atoms with Gasteiger partial charge in [0.2, 0.25) is 5.91 Å². The number of amides is 1. The average molecular weight is 266 g/mol. The summed E-state index contributed by atoms with van der Waals surface area (Å²) in [5.74, 6) is 1.17. The summed E-state index contributed by atoms with van der Waals surface area (Å²) in [5, 5.41) is 0. The molecule has 2 fully saturated rings. The van der Waals surface area contributed by atoms with Crippen molar-refractivity contribution < 1.29 is 4.79 Å². The highest BCUT2D eigenvalue weighted by molar-refractivity contribution is 5.78. The Labute approximate surface area is 118 Å². The van der Waals surface area contributed by atoms with Crippen molar-refractivity contribution in [1.82, 2.24) is 9.80 Å². The van der Waals surface area contributed by atoms with Crippen LogP contribution >= 0.6 is 0 Å². The van der Waals surface area contributed by atoms with E-state index >= 15 is 0 Å². The summed E-state index contributed by atoms with van der Waals surface area (Å²) < 4.78 is 0. The smallest absolute Gasteiger partial charge is 0.236 e. The molecule has 0 radical (unpaired) electrons. The van der Waals surface area contributed by atoms with Crippen LogP contribution in [-0.2, 0) is 4.79 Å². The van der Waals surface area contributed by atoms with Gasteiger partial charge in [0, 0.05) is 25.2 Å². The highest BCUT2D eigenvalue weighted by Crippen LogP contribution is 2.35. The van der Waals surface area contributed by atoms with Crippen molar-refractivity contribution in [2.75, 3.05) is 13.6 Å². The Morgan fingerprint density at radius 1 is 1.05 bits per heavy atom.